The van der Waals surface area contributed by atoms with E-state index >= 15 is 0 Å². The summed E-state index contributed by atoms with van der Waals surface area (Å²) in [7, 11) is 1.48. The number of nitrogens with zero attached hydrogens (tertiary/aromatic N) is 1. The number of alkyl halides is 3. The van der Waals surface area contributed by atoms with Crippen molar-refractivity contribution in [2.24, 2.45) is 0 Å². The number of rotatable bonds is 8. The number of aryl methyl sites for hydroxylation is 1. The number of ether oxygens (including phenoxy) is 2. The lowest BCUT2D eigenvalue weighted by atomic mass is 10.2. The van der Waals surface area contributed by atoms with Crippen LogP contribution in [0.1, 0.15) is 12.0 Å². The third-order valence-electron chi connectivity index (χ3n) is 3.75. The summed E-state index contributed by atoms with van der Waals surface area (Å²) < 4.78 is 45.7. The Morgan fingerprint density at radius 2 is 1.76 bits per heavy atom. The fourth-order valence-electron chi connectivity index (χ4n) is 2.40. The third kappa shape index (κ3) is 8.12. The Labute approximate surface area is 166 Å². The van der Waals surface area contributed by atoms with Crippen molar-refractivity contribution >= 4 is 17.5 Å². The molecule has 29 heavy (non-hydrogen) atoms. The lowest BCUT2D eigenvalue weighted by Gasteiger charge is -2.17. The van der Waals surface area contributed by atoms with Crippen molar-refractivity contribution in [1.29, 1.82) is 0 Å². The molecule has 6 nitrogen and oxygen atoms in total. The van der Waals surface area contributed by atoms with Crippen LogP contribution in [0.2, 0.25) is 0 Å². The van der Waals surface area contributed by atoms with E-state index in [-0.39, 0.29) is 31.2 Å². The molecule has 0 fully saturated rings. The maximum absolute atomic E-state index is 12.1. The number of benzene rings is 2. The molecule has 0 radical (unpaired) electrons. The van der Waals surface area contributed by atoms with E-state index < -0.39 is 18.0 Å². The molecule has 2 aromatic rings. The number of hydrogen-bond donors (Lipinski definition) is 1. The number of carbonyl (C=O) groups is 2. The summed E-state index contributed by atoms with van der Waals surface area (Å²) in [6.45, 7) is 1.90. The molecule has 0 heterocycles. The van der Waals surface area contributed by atoms with Gasteiger partial charge in [0.1, 0.15) is 11.5 Å². The van der Waals surface area contributed by atoms with Gasteiger partial charge in [-0.1, -0.05) is 12.1 Å². The molecule has 9 heteroatoms. The highest BCUT2D eigenvalue weighted by molar-refractivity contribution is 5.94. The Bertz CT molecular complexity index is 838. The molecule has 156 valence electrons. The van der Waals surface area contributed by atoms with Crippen LogP contribution in [0.5, 0.6) is 11.5 Å². The normalized spacial score (nSPS) is 10.9. The van der Waals surface area contributed by atoms with Crippen molar-refractivity contribution in [1.82, 2.24) is 4.90 Å². The molecule has 0 aromatic heterocycles. The molecule has 0 aliphatic carbocycles. The minimum absolute atomic E-state index is 0.0984. The summed E-state index contributed by atoms with van der Waals surface area (Å²) in [4.78, 5) is 25.4. The number of hydrogen-bond acceptors (Lipinski definition) is 4. The van der Waals surface area contributed by atoms with Gasteiger partial charge in [-0.3, -0.25) is 9.59 Å². The molecule has 0 aliphatic heterocycles. The van der Waals surface area contributed by atoms with Gasteiger partial charge in [0.05, 0.1) is 19.6 Å². The van der Waals surface area contributed by atoms with Crippen LogP contribution in [0, 0.1) is 6.92 Å². The molecule has 0 atom stereocenters. The van der Waals surface area contributed by atoms with Gasteiger partial charge in [-0.25, -0.2) is 0 Å². The molecule has 2 amide bonds. The highest BCUT2D eigenvalue weighted by atomic mass is 19.4. The Morgan fingerprint density at radius 3 is 2.38 bits per heavy atom. The molecule has 0 aliphatic rings. The SMILES string of the molecule is Cc1cccc(OCCC(=O)N(C)CC(=O)Nc2ccc(OC(F)(F)F)cc2)c1. The molecule has 0 unspecified atom stereocenters. The molecule has 2 rings (SSSR count). The first kappa shape index (κ1) is 22.1. The van der Waals surface area contributed by atoms with Gasteiger partial charge in [-0.05, 0) is 48.9 Å². The van der Waals surface area contributed by atoms with Crippen molar-refractivity contribution in [3.05, 3.63) is 54.1 Å². The van der Waals surface area contributed by atoms with Crippen LogP contribution in [0.3, 0.4) is 0 Å². The maximum Gasteiger partial charge on any atom is 0.573 e. The molecule has 0 bridgehead atoms. The second-order valence-corrected chi connectivity index (χ2v) is 6.29. The fraction of sp³-hybridized carbons (Fsp3) is 0.300. The van der Waals surface area contributed by atoms with Crippen LogP contribution in [-0.4, -0.2) is 43.3 Å². The number of likely N-dealkylation sites (N-methyl/N-ethyl adjacent to an activating group) is 1. The molecule has 0 spiro atoms. The van der Waals surface area contributed by atoms with Crippen LogP contribution < -0.4 is 14.8 Å². The summed E-state index contributed by atoms with van der Waals surface area (Å²) in [5.74, 6) is -0.487. The second-order valence-electron chi connectivity index (χ2n) is 6.29. The first-order valence-corrected chi connectivity index (χ1v) is 8.71. The summed E-state index contributed by atoms with van der Waals surface area (Å²) >= 11 is 0. The van der Waals surface area contributed by atoms with Crippen LogP contribution >= 0.6 is 0 Å². The number of carbonyl (C=O) groups excluding carboxylic acids is 2. The van der Waals surface area contributed by atoms with Gasteiger partial charge in [-0.2, -0.15) is 0 Å². The van der Waals surface area contributed by atoms with E-state index in [4.69, 9.17) is 4.74 Å². The van der Waals surface area contributed by atoms with E-state index in [1.807, 2.05) is 25.1 Å². The molecular weight excluding hydrogens is 389 g/mol. The van der Waals surface area contributed by atoms with E-state index in [1.54, 1.807) is 6.07 Å². The summed E-state index contributed by atoms with van der Waals surface area (Å²) in [5.41, 5.74) is 1.33. The number of nitrogens with one attached hydrogen (secondary N) is 1. The maximum atomic E-state index is 12.1. The predicted molar refractivity (Wildman–Crippen MR) is 101 cm³/mol. The van der Waals surface area contributed by atoms with Gasteiger partial charge in [-0.15, -0.1) is 13.2 Å². The van der Waals surface area contributed by atoms with Crippen molar-refractivity contribution in [3.8, 4) is 11.5 Å². The van der Waals surface area contributed by atoms with Crippen LogP contribution in [0.15, 0.2) is 48.5 Å². The van der Waals surface area contributed by atoms with Crippen LogP contribution in [0.25, 0.3) is 0 Å². The average molecular weight is 410 g/mol. The van der Waals surface area contributed by atoms with Crippen LogP contribution in [0.4, 0.5) is 18.9 Å². The number of amides is 2. The average Bonchev–Trinajstić information content (AvgIpc) is 2.62. The van der Waals surface area contributed by atoms with E-state index in [1.165, 1.54) is 24.1 Å². The van der Waals surface area contributed by atoms with Crippen molar-refractivity contribution in [2.45, 2.75) is 19.7 Å². The largest absolute Gasteiger partial charge is 0.573 e. The predicted octanol–water partition coefficient (Wildman–Crippen LogP) is 3.76. The lowest BCUT2D eigenvalue weighted by molar-refractivity contribution is -0.274. The van der Waals surface area contributed by atoms with E-state index in [0.717, 1.165) is 17.7 Å². The van der Waals surface area contributed by atoms with Crippen molar-refractivity contribution in [2.75, 3.05) is 25.5 Å². The smallest absolute Gasteiger partial charge is 0.493 e. The van der Waals surface area contributed by atoms with E-state index in [0.29, 0.717) is 5.75 Å². The highest BCUT2D eigenvalue weighted by Gasteiger charge is 2.30. The van der Waals surface area contributed by atoms with Crippen molar-refractivity contribution < 1.29 is 32.2 Å². The summed E-state index contributed by atoms with van der Waals surface area (Å²) in [6, 6.07) is 12.1. The number of halogens is 3. The minimum Gasteiger partial charge on any atom is -0.493 e. The van der Waals surface area contributed by atoms with E-state index in [9.17, 15) is 22.8 Å². The van der Waals surface area contributed by atoms with Gasteiger partial charge in [0.15, 0.2) is 0 Å². The lowest BCUT2D eigenvalue weighted by Crippen LogP contribution is -2.35. The third-order valence-corrected chi connectivity index (χ3v) is 3.75. The van der Waals surface area contributed by atoms with Crippen molar-refractivity contribution in [3.63, 3.8) is 0 Å². The van der Waals surface area contributed by atoms with Crippen LogP contribution in [-0.2, 0) is 9.59 Å². The topological polar surface area (TPSA) is 67.9 Å². The highest BCUT2D eigenvalue weighted by Crippen LogP contribution is 2.23. The molecule has 0 saturated heterocycles. The first-order valence-electron chi connectivity index (χ1n) is 8.71. The van der Waals surface area contributed by atoms with E-state index in [2.05, 4.69) is 10.1 Å². The zero-order valence-electron chi connectivity index (χ0n) is 16.0. The monoisotopic (exact) mass is 410 g/mol. The Morgan fingerprint density at radius 1 is 1.07 bits per heavy atom. The minimum atomic E-state index is -4.78. The molecule has 0 saturated carbocycles. The first-order chi connectivity index (χ1) is 13.6. The van der Waals surface area contributed by atoms with Gasteiger partial charge in [0, 0.05) is 12.7 Å². The fourth-order valence-corrected chi connectivity index (χ4v) is 2.40. The Kier molecular flexibility index (Phi) is 7.46. The molecular formula is C20H21F3N2O4. The standard InChI is InChI=1S/C20H21F3N2O4/c1-14-4-3-5-17(12-14)28-11-10-19(27)25(2)13-18(26)24-15-6-8-16(9-7-15)29-20(21,22)23/h3-9,12H,10-11,13H2,1-2H3,(H,24,26). The Balaban J connectivity index is 1.75. The van der Waals surface area contributed by atoms with Gasteiger partial charge in [0.2, 0.25) is 11.8 Å². The molecule has 2 aromatic carbocycles. The van der Waals surface area contributed by atoms with Gasteiger partial charge >= 0.3 is 6.36 Å². The summed E-state index contributed by atoms with van der Waals surface area (Å²) in [6.07, 6.45) is -4.68. The van der Waals surface area contributed by atoms with Gasteiger partial charge < -0.3 is 19.7 Å². The summed E-state index contributed by atoms with van der Waals surface area (Å²) in [5, 5.41) is 2.51. The number of anilines is 1. The zero-order valence-corrected chi connectivity index (χ0v) is 16.0. The van der Waals surface area contributed by atoms with Gasteiger partial charge in [0.25, 0.3) is 0 Å². The quantitative estimate of drug-likeness (QED) is 0.720. The Hall–Kier alpha value is -3.23. The second kappa shape index (κ2) is 9.81. The molecule has 1 N–H and O–H groups in total. The zero-order chi connectivity index (χ0) is 21.4.